The van der Waals surface area contributed by atoms with Crippen molar-refractivity contribution in [2.45, 2.75) is 26.8 Å². The molecule has 0 saturated heterocycles. The molecule has 0 aliphatic heterocycles. The average molecular weight is 278 g/mol. The molecule has 0 bridgehead atoms. The second-order valence-electron chi connectivity index (χ2n) is 4.83. The minimum atomic E-state index is -0.172. The Kier molecular flexibility index (Phi) is 4.11. The van der Waals surface area contributed by atoms with Gasteiger partial charge in [0.25, 0.3) is 0 Å². The topological polar surface area (TPSA) is 12.0 Å². The molecule has 3 heteroatoms. The van der Waals surface area contributed by atoms with Gasteiger partial charge >= 0.3 is 0 Å². The van der Waals surface area contributed by atoms with E-state index in [4.69, 9.17) is 11.6 Å². The molecule has 100 valence electrons. The van der Waals surface area contributed by atoms with Crippen LogP contribution in [0.3, 0.4) is 0 Å². The highest BCUT2D eigenvalue weighted by molar-refractivity contribution is 6.30. The van der Waals surface area contributed by atoms with Crippen LogP contribution in [0.1, 0.15) is 29.7 Å². The third-order valence-corrected chi connectivity index (χ3v) is 3.50. The summed E-state index contributed by atoms with van der Waals surface area (Å²) < 4.78 is 13.6. The first-order chi connectivity index (χ1) is 8.97. The van der Waals surface area contributed by atoms with Crippen LogP contribution in [0.2, 0.25) is 5.02 Å². The van der Waals surface area contributed by atoms with Gasteiger partial charge < -0.3 is 5.32 Å². The van der Waals surface area contributed by atoms with E-state index in [-0.39, 0.29) is 11.9 Å². The lowest BCUT2D eigenvalue weighted by Gasteiger charge is -2.18. The number of anilines is 1. The Balaban J connectivity index is 2.22. The van der Waals surface area contributed by atoms with Gasteiger partial charge in [-0.3, -0.25) is 0 Å². The highest BCUT2D eigenvalue weighted by atomic mass is 35.5. The number of nitrogens with one attached hydrogen (secondary N) is 1. The van der Waals surface area contributed by atoms with Gasteiger partial charge in [0.05, 0.1) is 0 Å². The minimum Gasteiger partial charge on any atom is -0.378 e. The quantitative estimate of drug-likeness (QED) is 0.806. The Morgan fingerprint density at radius 3 is 2.42 bits per heavy atom. The SMILES string of the molecule is Cc1ccc(C(C)Nc2cc(Cl)ccc2C)cc1F. The second-order valence-corrected chi connectivity index (χ2v) is 5.27. The Bertz CT molecular complexity index is 595. The molecule has 0 amide bonds. The van der Waals surface area contributed by atoms with Crippen molar-refractivity contribution in [2.24, 2.45) is 0 Å². The van der Waals surface area contributed by atoms with Crippen molar-refractivity contribution in [1.82, 2.24) is 0 Å². The largest absolute Gasteiger partial charge is 0.378 e. The van der Waals surface area contributed by atoms with Gasteiger partial charge in [-0.15, -0.1) is 0 Å². The summed E-state index contributed by atoms with van der Waals surface area (Å²) in [5.74, 6) is -0.172. The van der Waals surface area contributed by atoms with Crippen LogP contribution in [0, 0.1) is 19.7 Å². The summed E-state index contributed by atoms with van der Waals surface area (Å²) in [6.45, 7) is 5.78. The first-order valence-corrected chi connectivity index (χ1v) is 6.64. The molecule has 2 aromatic carbocycles. The second kappa shape index (κ2) is 5.62. The summed E-state index contributed by atoms with van der Waals surface area (Å²) in [6.07, 6.45) is 0. The molecular weight excluding hydrogens is 261 g/mol. The highest BCUT2D eigenvalue weighted by Crippen LogP contribution is 2.25. The summed E-state index contributed by atoms with van der Waals surface area (Å²) >= 11 is 5.99. The predicted octanol–water partition coefficient (Wildman–Crippen LogP) is 5.27. The van der Waals surface area contributed by atoms with Gasteiger partial charge in [-0.05, 0) is 55.7 Å². The van der Waals surface area contributed by atoms with Gasteiger partial charge in [0.15, 0.2) is 0 Å². The molecule has 1 N–H and O–H groups in total. The highest BCUT2D eigenvalue weighted by Gasteiger charge is 2.09. The lowest BCUT2D eigenvalue weighted by Crippen LogP contribution is -2.08. The smallest absolute Gasteiger partial charge is 0.126 e. The number of aryl methyl sites for hydroxylation is 2. The molecular formula is C16H17ClFN. The maximum absolute atomic E-state index is 13.6. The van der Waals surface area contributed by atoms with E-state index in [9.17, 15) is 4.39 Å². The van der Waals surface area contributed by atoms with Crippen LogP contribution in [0.5, 0.6) is 0 Å². The van der Waals surface area contributed by atoms with Gasteiger partial charge in [-0.25, -0.2) is 4.39 Å². The zero-order valence-electron chi connectivity index (χ0n) is 11.3. The average Bonchev–Trinajstić information content (AvgIpc) is 2.37. The first-order valence-electron chi connectivity index (χ1n) is 6.26. The van der Waals surface area contributed by atoms with Gasteiger partial charge in [-0.2, -0.15) is 0 Å². The molecule has 0 spiro atoms. The van der Waals surface area contributed by atoms with E-state index in [2.05, 4.69) is 5.32 Å². The zero-order chi connectivity index (χ0) is 14.0. The number of benzene rings is 2. The summed E-state index contributed by atoms with van der Waals surface area (Å²) in [4.78, 5) is 0. The van der Waals surface area contributed by atoms with Crippen molar-refractivity contribution in [3.05, 3.63) is 63.9 Å². The van der Waals surface area contributed by atoms with Gasteiger partial charge in [-0.1, -0.05) is 29.8 Å². The maximum atomic E-state index is 13.6. The molecule has 0 radical (unpaired) electrons. The number of halogens is 2. The molecule has 0 aliphatic carbocycles. The fourth-order valence-electron chi connectivity index (χ4n) is 1.94. The molecule has 0 aromatic heterocycles. The minimum absolute atomic E-state index is 0.0206. The fourth-order valence-corrected chi connectivity index (χ4v) is 2.12. The van der Waals surface area contributed by atoms with Crippen LogP contribution in [0.4, 0.5) is 10.1 Å². The van der Waals surface area contributed by atoms with E-state index >= 15 is 0 Å². The van der Waals surface area contributed by atoms with Crippen molar-refractivity contribution in [3.63, 3.8) is 0 Å². The van der Waals surface area contributed by atoms with Gasteiger partial charge in [0.1, 0.15) is 5.82 Å². The summed E-state index contributed by atoms with van der Waals surface area (Å²) in [5.41, 5.74) is 3.67. The molecule has 1 nitrogen and oxygen atoms in total. The van der Waals surface area contributed by atoms with Crippen LogP contribution in [0.25, 0.3) is 0 Å². The molecule has 19 heavy (non-hydrogen) atoms. The monoisotopic (exact) mass is 277 g/mol. The maximum Gasteiger partial charge on any atom is 0.126 e. The van der Waals surface area contributed by atoms with Crippen LogP contribution in [-0.2, 0) is 0 Å². The molecule has 0 aliphatic rings. The third kappa shape index (κ3) is 3.27. The Morgan fingerprint density at radius 1 is 1.05 bits per heavy atom. The predicted molar refractivity (Wildman–Crippen MR) is 79.4 cm³/mol. The van der Waals surface area contributed by atoms with E-state index in [0.717, 1.165) is 16.8 Å². The summed E-state index contributed by atoms with van der Waals surface area (Å²) in [6, 6.07) is 11.0. The van der Waals surface area contributed by atoms with E-state index in [1.165, 1.54) is 0 Å². The molecule has 1 atom stereocenters. The number of rotatable bonds is 3. The number of hydrogen-bond donors (Lipinski definition) is 1. The van der Waals surface area contributed by atoms with Crippen molar-refractivity contribution in [2.75, 3.05) is 5.32 Å². The van der Waals surface area contributed by atoms with Crippen molar-refractivity contribution < 1.29 is 4.39 Å². The molecule has 2 aromatic rings. The number of hydrogen-bond acceptors (Lipinski definition) is 1. The fraction of sp³-hybridized carbons (Fsp3) is 0.250. The van der Waals surface area contributed by atoms with Gasteiger partial charge in [0.2, 0.25) is 0 Å². The van der Waals surface area contributed by atoms with E-state index in [1.807, 2.05) is 38.1 Å². The summed E-state index contributed by atoms with van der Waals surface area (Å²) in [7, 11) is 0. The standard InChI is InChI=1S/C16H17ClFN/c1-10-4-6-13(8-15(10)18)12(3)19-16-9-14(17)7-5-11(16)2/h4-9,12,19H,1-3H3. The first kappa shape index (κ1) is 13.9. The molecule has 0 saturated carbocycles. The van der Waals surface area contributed by atoms with Crippen LogP contribution < -0.4 is 5.32 Å². The normalized spacial score (nSPS) is 12.3. The Labute approximate surface area is 118 Å². The molecule has 1 unspecified atom stereocenters. The van der Waals surface area contributed by atoms with E-state index in [0.29, 0.717) is 10.6 Å². The lowest BCUT2D eigenvalue weighted by molar-refractivity contribution is 0.614. The third-order valence-electron chi connectivity index (χ3n) is 3.27. The van der Waals surface area contributed by atoms with Crippen LogP contribution in [0.15, 0.2) is 36.4 Å². The molecule has 0 heterocycles. The van der Waals surface area contributed by atoms with Gasteiger partial charge in [0, 0.05) is 16.8 Å². The van der Waals surface area contributed by atoms with Crippen molar-refractivity contribution >= 4 is 17.3 Å². The Morgan fingerprint density at radius 2 is 1.74 bits per heavy atom. The molecule has 2 rings (SSSR count). The van der Waals surface area contributed by atoms with Crippen molar-refractivity contribution in [1.29, 1.82) is 0 Å². The Hall–Kier alpha value is -1.54. The zero-order valence-corrected chi connectivity index (χ0v) is 12.1. The molecule has 0 fully saturated rings. The van der Waals surface area contributed by atoms with Crippen LogP contribution in [-0.4, -0.2) is 0 Å². The van der Waals surface area contributed by atoms with E-state index in [1.54, 1.807) is 19.1 Å². The summed E-state index contributed by atoms with van der Waals surface area (Å²) in [5, 5.41) is 4.05. The van der Waals surface area contributed by atoms with E-state index < -0.39 is 0 Å². The van der Waals surface area contributed by atoms with Crippen LogP contribution >= 0.6 is 11.6 Å². The van der Waals surface area contributed by atoms with Crippen molar-refractivity contribution in [3.8, 4) is 0 Å². The lowest BCUT2D eigenvalue weighted by atomic mass is 10.1.